The van der Waals surface area contributed by atoms with Crippen molar-refractivity contribution in [2.75, 3.05) is 0 Å². The fourth-order valence-electron chi connectivity index (χ4n) is 1.92. The first-order valence-electron chi connectivity index (χ1n) is 6.26. The highest BCUT2D eigenvalue weighted by Crippen LogP contribution is 2.16. The van der Waals surface area contributed by atoms with Crippen LogP contribution in [-0.2, 0) is 15.8 Å². The molecule has 2 rings (SSSR count). The highest BCUT2D eigenvalue weighted by Gasteiger charge is 2.16. The molecule has 0 aliphatic heterocycles. The molecule has 3 nitrogen and oxygen atoms in total. The van der Waals surface area contributed by atoms with Crippen molar-refractivity contribution in [2.45, 2.75) is 18.7 Å². The number of benzene rings is 2. The summed E-state index contributed by atoms with van der Waals surface area (Å²) in [6.07, 6.45) is 0. The molecular formula is C15H16INO2S. The maximum atomic E-state index is 12.1. The van der Waals surface area contributed by atoms with Crippen molar-refractivity contribution in [1.82, 2.24) is 4.72 Å². The number of nitrogens with one attached hydrogen (secondary N) is 1. The Morgan fingerprint density at radius 1 is 1.05 bits per heavy atom. The highest BCUT2D eigenvalue weighted by molar-refractivity contribution is 14.1. The SMILES string of the molecule is C[C@H](NS(=O)(=O)Cc1ccccc1)c1ccc(I)cc1. The Balaban J connectivity index is 2.06. The summed E-state index contributed by atoms with van der Waals surface area (Å²) in [5.74, 6) is 0.00253. The lowest BCUT2D eigenvalue weighted by atomic mass is 10.1. The van der Waals surface area contributed by atoms with Gasteiger partial charge in [0.1, 0.15) is 0 Å². The number of rotatable bonds is 5. The van der Waals surface area contributed by atoms with Gasteiger partial charge in [-0.25, -0.2) is 13.1 Å². The fraction of sp³-hybridized carbons (Fsp3) is 0.200. The molecule has 2 aromatic carbocycles. The van der Waals surface area contributed by atoms with Crippen LogP contribution in [0.3, 0.4) is 0 Å². The zero-order chi connectivity index (χ0) is 14.6. The molecule has 0 amide bonds. The zero-order valence-electron chi connectivity index (χ0n) is 11.1. The van der Waals surface area contributed by atoms with E-state index in [9.17, 15) is 8.42 Å². The highest BCUT2D eigenvalue weighted by atomic mass is 127. The molecule has 0 aliphatic carbocycles. The van der Waals surface area contributed by atoms with E-state index in [-0.39, 0.29) is 11.8 Å². The molecule has 1 N–H and O–H groups in total. The van der Waals surface area contributed by atoms with Crippen LogP contribution in [-0.4, -0.2) is 8.42 Å². The third-order valence-electron chi connectivity index (χ3n) is 2.93. The number of hydrogen-bond donors (Lipinski definition) is 1. The lowest BCUT2D eigenvalue weighted by Gasteiger charge is -2.14. The minimum atomic E-state index is -3.34. The number of halogens is 1. The van der Waals surface area contributed by atoms with Crippen LogP contribution in [0.1, 0.15) is 24.1 Å². The standard InChI is InChI=1S/C15H16INO2S/c1-12(14-7-9-15(16)10-8-14)17-20(18,19)11-13-5-3-2-4-6-13/h2-10,12,17H,11H2,1H3/t12-/m0/s1. The first-order chi connectivity index (χ1) is 9.46. The monoisotopic (exact) mass is 401 g/mol. The van der Waals surface area contributed by atoms with Crippen LogP contribution < -0.4 is 4.72 Å². The quantitative estimate of drug-likeness (QED) is 0.780. The first kappa shape index (κ1) is 15.5. The van der Waals surface area contributed by atoms with Gasteiger partial charge in [0.25, 0.3) is 0 Å². The van der Waals surface area contributed by atoms with Gasteiger partial charge in [0.05, 0.1) is 5.75 Å². The van der Waals surface area contributed by atoms with Crippen LogP contribution in [0.15, 0.2) is 54.6 Å². The van der Waals surface area contributed by atoms with E-state index >= 15 is 0 Å². The summed E-state index contributed by atoms with van der Waals surface area (Å²) in [6, 6.07) is 16.8. The van der Waals surface area contributed by atoms with Gasteiger partial charge in [-0.15, -0.1) is 0 Å². The molecule has 0 radical (unpaired) electrons. The van der Waals surface area contributed by atoms with E-state index in [0.29, 0.717) is 0 Å². The second-order valence-electron chi connectivity index (χ2n) is 4.64. The van der Waals surface area contributed by atoms with E-state index in [2.05, 4.69) is 27.3 Å². The molecule has 106 valence electrons. The van der Waals surface area contributed by atoms with Gasteiger partial charge in [0.15, 0.2) is 0 Å². The largest absolute Gasteiger partial charge is 0.216 e. The third-order valence-corrected chi connectivity index (χ3v) is 5.07. The zero-order valence-corrected chi connectivity index (χ0v) is 14.1. The summed E-state index contributed by atoms with van der Waals surface area (Å²) in [5.41, 5.74) is 1.75. The molecule has 5 heteroatoms. The molecule has 0 unspecified atom stereocenters. The predicted molar refractivity (Wildman–Crippen MR) is 89.8 cm³/mol. The summed E-state index contributed by atoms with van der Waals surface area (Å²) in [5, 5.41) is 0. The number of sulfonamides is 1. The summed E-state index contributed by atoms with van der Waals surface area (Å²) >= 11 is 2.22. The molecule has 0 spiro atoms. The molecule has 0 heterocycles. The van der Waals surface area contributed by atoms with Crippen LogP contribution in [0.2, 0.25) is 0 Å². The van der Waals surface area contributed by atoms with Gasteiger partial charge >= 0.3 is 0 Å². The van der Waals surface area contributed by atoms with Crippen molar-refractivity contribution in [3.63, 3.8) is 0 Å². The molecule has 2 aromatic rings. The van der Waals surface area contributed by atoms with Gasteiger partial charge in [-0.05, 0) is 52.8 Å². The van der Waals surface area contributed by atoms with Crippen LogP contribution in [0, 0.1) is 3.57 Å². The van der Waals surface area contributed by atoms with Gasteiger partial charge < -0.3 is 0 Å². The van der Waals surface area contributed by atoms with Gasteiger partial charge in [-0.1, -0.05) is 42.5 Å². The van der Waals surface area contributed by atoms with Crippen molar-refractivity contribution >= 4 is 32.6 Å². The van der Waals surface area contributed by atoms with E-state index < -0.39 is 10.0 Å². The Morgan fingerprint density at radius 2 is 1.65 bits per heavy atom. The van der Waals surface area contributed by atoms with Crippen LogP contribution >= 0.6 is 22.6 Å². The maximum absolute atomic E-state index is 12.1. The average Bonchev–Trinajstić information content (AvgIpc) is 2.39. The van der Waals surface area contributed by atoms with E-state index in [4.69, 9.17) is 0 Å². The van der Waals surface area contributed by atoms with Crippen molar-refractivity contribution in [3.05, 3.63) is 69.3 Å². The average molecular weight is 401 g/mol. The second-order valence-corrected chi connectivity index (χ2v) is 7.64. The molecule has 20 heavy (non-hydrogen) atoms. The van der Waals surface area contributed by atoms with Crippen molar-refractivity contribution in [2.24, 2.45) is 0 Å². The Bertz CT molecular complexity index is 654. The predicted octanol–water partition coefficient (Wildman–Crippen LogP) is 3.47. The van der Waals surface area contributed by atoms with Gasteiger partial charge in [-0.3, -0.25) is 0 Å². The smallest absolute Gasteiger partial charge is 0.212 e. The summed E-state index contributed by atoms with van der Waals surface area (Å²) in [7, 11) is -3.34. The van der Waals surface area contributed by atoms with Crippen molar-refractivity contribution in [1.29, 1.82) is 0 Å². The Hall–Kier alpha value is -0.920. The fourth-order valence-corrected chi connectivity index (χ4v) is 3.67. The normalized spacial score (nSPS) is 13.1. The van der Waals surface area contributed by atoms with Crippen molar-refractivity contribution in [3.8, 4) is 0 Å². The van der Waals surface area contributed by atoms with E-state index in [0.717, 1.165) is 14.7 Å². The molecule has 0 bridgehead atoms. The van der Waals surface area contributed by atoms with Gasteiger partial charge in [-0.2, -0.15) is 0 Å². The Kier molecular flexibility index (Phi) is 5.17. The summed E-state index contributed by atoms with van der Waals surface area (Å²) in [4.78, 5) is 0. The van der Waals surface area contributed by atoms with Crippen LogP contribution in [0.5, 0.6) is 0 Å². The lowest BCUT2D eigenvalue weighted by molar-refractivity contribution is 0.566. The molecular weight excluding hydrogens is 385 g/mol. The topological polar surface area (TPSA) is 46.2 Å². The Labute approximate surface area is 133 Å². The molecule has 0 saturated heterocycles. The maximum Gasteiger partial charge on any atom is 0.216 e. The van der Waals surface area contributed by atoms with Gasteiger partial charge in [0.2, 0.25) is 10.0 Å². The molecule has 0 aromatic heterocycles. The van der Waals surface area contributed by atoms with Crippen molar-refractivity contribution < 1.29 is 8.42 Å². The number of hydrogen-bond acceptors (Lipinski definition) is 2. The van der Waals surface area contributed by atoms with Gasteiger partial charge in [0, 0.05) is 9.61 Å². The van der Waals surface area contributed by atoms with Crippen LogP contribution in [0.4, 0.5) is 0 Å². The minimum absolute atomic E-state index is 0.00253. The van der Waals surface area contributed by atoms with Crippen LogP contribution in [0.25, 0.3) is 0 Å². The summed E-state index contributed by atoms with van der Waals surface area (Å²) in [6.45, 7) is 1.85. The second kappa shape index (κ2) is 6.69. The molecule has 0 fully saturated rings. The van der Waals surface area contributed by atoms with E-state index in [1.165, 1.54) is 0 Å². The molecule has 0 aliphatic rings. The van der Waals surface area contributed by atoms with E-state index in [1.54, 1.807) is 0 Å². The van der Waals surface area contributed by atoms with E-state index in [1.807, 2.05) is 61.5 Å². The lowest BCUT2D eigenvalue weighted by Crippen LogP contribution is -2.28. The molecule has 1 atom stereocenters. The Morgan fingerprint density at radius 3 is 2.25 bits per heavy atom. The summed E-state index contributed by atoms with van der Waals surface area (Å²) < 4.78 is 28.1. The molecule has 0 saturated carbocycles. The third kappa shape index (κ3) is 4.57. The minimum Gasteiger partial charge on any atom is -0.212 e. The first-order valence-corrected chi connectivity index (χ1v) is 8.99.